The van der Waals surface area contributed by atoms with Crippen molar-refractivity contribution in [1.29, 1.82) is 0 Å². The topological polar surface area (TPSA) is 64.3 Å². The number of benzene rings is 1. The van der Waals surface area contributed by atoms with Crippen LogP contribution in [0.5, 0.6) is 5.75 Å². The van der Waals surface area contributed by atoms with E-state index in [1.165, 1.54) is 0 Å². The van der Waals surface area contributed by atoms with Crippen molar-refractivity contribution in [2.75, 3.05) is 5.73 Å². The number of nitrogen functional groups attached to an aromatic ring is 1. The highest BCUT2D eigenvalue weighted by Gasteiger charge is 2.26. The van der Waals surface area contributed by atoms with Gasteiger partial charge in [0, 0.05) is 22.3 Å². The summed E-state index contributed by atoms with van der Waals surface area (Å²) in [7, 11) is 0. The average molecular weight is 299 g/mol. The quantitative estimate of drug-likeness (QED) is 0.837. The summed E-state index contributed by atoms with van der Waals surface area (Å²) in [6, 6.07) is 5.62. The van der Waals surface area contributed by atoms with Crippen LogP contribution in [0.4, 0.5) is 5.69 Å². The van der Waals surface area contributed by atoms with Crippen molar-refractivity contribution < 1.29 is 9.53 Å². The van der Waals surface area contributed by atoms with E-state index >= 15 is 0 Å². The summed E-state index contributed by atoms with van der Waals surface area (Å²) in [5.41, 5.74) is 6.29. The minimum absolute atomic E-state index is 0.0777. The smallest absolute Gasteiger partial charge is 0.260 e. The van der Waals surface area contributed by atoms with Crippen molar-refractivity contribution in [2.45, 2.75) is 31.9 Å². The third-order valence-electron chi connectivity index (χ3n) is 2.50. The number of hydrogen-bond donors (Lipinski definition) is 2. The normalized spacial score (nSPS) is 16.4. The molecule has 0 saturated heterocycles. The molecular weight excluding hydrogens is 284 g/mol. The molecule has 1 aromatic carbocycles. The first kappa shape index (κ1) is 12.2. The summed E-state index contributed by atoms with van der Waals surface area (Å²) in [5.74, 6) is 0.515. The Balaban J connectivity index is 1.96. The molecule has 1 fully saturated rings. The Bertz CT molecular complexity index is 412. The highest BCUT2D eigenvalue weighted by molar-refractivity contribution is 9.10. The van der Waals surface area contributed by atoms with Gasteiger partial charge in [0.15, 0.2) is 6.10 Å². The minimum atomic E-state index is -0.510. The lowest BCUT2D eigenvalue weighted by molar-refractivity contribution is -0.127. The molecule has 1 aliphatic rings. The predicted molar refractivity (Wildman–Crippen MR) is 69.8 cm³/mol. The van der Waals surface area contributed by atoms with Crippen molar-refractivity contribution in [1.82, 2.24) is 5.32 Å². The van der Waals surface area contributed by atoms with Gasteiger partial charge in [-0.3, -0.25) is 4.79 Å². The first-order valence-corrected chi connectivity index (χ1v) is 6.37. The fourth-order valence-electron chi connectivity index (χ4n) is 1.46. The van der Waals surface area contributed by atoms with Gasteiger partial charge in [0.2, 0.25) is 0 Å². The molecule has 3 N–H and O–H groups in total. The summed E-state index contributed by atoms with van der Waals surface area (Å²) >= 11 is 3.33. The second-order valence-electron chi connectivity index (χ2n) is 4.26. The number of carbonyl (C=O) groups excluding carboxylic acids is 1. The highest BCUT2D eigenvalue weighted by atomic mass is 79.9. The Kier molecular flexibility index (Phi) is 3.57. The van der Waals surface area contributed by atoms with Crippen LogP contribution in [0, 0.1) is 0 Å². The van der Waals surface area contributed by atoms with Gasteiger partial charge in [0.25, 0.3) is 5.91 Å². The summed E-state index contributed by atoms with van der Waals surface area (Å²) in [6.07, 6.45) is 1.63. The van der Waals surface area contributed by atoms with Crippen molar-refractivity contribution in [3.05, 3.63) is 22.7 Å². The number of rotatable bonds is 4. The van der Waals surface area contributed by atoms with Crippen LogP contribution < -0.4 is 15.8 Å². The molecule has 1 aromatic rings. The van der Waals surface area contributed by atoms with Gasteiger partial charge in [-0.15, -0.1) is 0 Å². The van der Waals surface area contributed by atoms with Crippen molar-refractivity contribution >= 4 is 27.5 Å². The van der Waals surface area contributed by atoms with Gasteiger partial charge in [-0.1, -0.05) is 15.9 Å². The van der Waals surface area contributed by atoms with Crippen LogP contribution in [-0.4, -0.2) is 18.1 Å². The van der Waals surface area contributed by atoms with Crippen LogP contribution in [0.3, 0.4) is 0 Å². The van der Waals surface area contributed by atoms with Gasteiger partial charge in [0.1, 0.15) is 5.75 Å². The predicted octanol–water partition coefficient (Wildman–Crippen LogP) is 2.08. The Morgan fingerprint density at radius 3 is 2.82 bits per heavy atom. The van der Waals surface area contributed by atoms with Gasteiger partial charge in [-0.2, -0.15) is 0 Å². The lowest BCUT2D eigenvalue weighted by Gasteiger charge is -2.15. The Hall–Kier alpha value is -1.23. The van der Waals surface area contributed by atoms with Crippen LogP contribution >= 0.6 is 15.9 Å². The van der Waals surface area contributed by atoms with E-state index < -0.39 is 6.10 Å². The molecule has 17 heavy (non-hydrogen) atoms. The Morgan fingerprint density at radius 1 is 1.53 bits per heavy atom. The van der Waals surface area contributed by atoms with Gasteiger partial charge in [-0.05, 0) is 31.9 Å². The zero-order chi connectivity index (χ0) is 12.4. The molecule has 2 rings (SSSR count). The van der Waals surface area contributed by atoms with Crippen LogP contribution in [-0.2, 0) is 4.79 Å². The second kappa shape index (κ2) is 4.96. The monoisotopic (exact) mass is 298 g/mol. The van der Waals surface area contributed by atoms with Crippen LogP contribution in [0.15, 0.2) is 22.7 Å². The maximum absolute atomic E-state index is 11.7. The van der Waals surface area contributed by atoms with E-state index in [1.807, 2.05) is 0 Å². The van der Waals surface area contributed by atoms with E-state index in [1.54, 1.807) is 25.1 Å². The first-order chi connectivity index (χ1) is 8.04. The zero-order valence-electron chi connectivity index (χ0n) is 9.57. The first-order valence-electron chi connectivity index (χ1n) is 5.57. The number of hydrogen-bond acceptors (Lipinski definition) is 3. The van der Waals surface area contributed by atoms with Crippen molar-refractivity contribution in [3.63, 3.8) is 0 Å². The maximum Gasteiger partial charge on any atom is 0.260 e. The molecule has 1 aliphatic carbocycles. The molecule has 92 valence electrons. The van der Waals surface area contributed by atoms with E-state index in [4.69, 9.17) is 10.5 Å². The molecule has 1 saturated carbocycles. The molecule has 1 atom stereocenters. The molecular formula is C12H15BrN2O2. The van der Waals surface area contributed by atoms with Crippen molar-refractivity contribution in [2.24, 2.45) is 0 Å². The van der Waals surface area contributed by atoms with Crippen molar-refractivity contribution in [3.8, 4) is 5.75 Å². The molecule has 1 amide bonds. The maximum atomic E-state index is 11.7. The fraction of sp³-hybridized carbons (Fsp3) is 0.417. The third-order valence-corrected chi connectivity index (χ3v) is 2.96. The Labute approximate surface area is 109 Å². The Morgan fingerprint density at radius 2 is 2.24 bits per heavy atom. The number of nitrogens with one attached hydrogen (secondary N) is 1. The number of amides is 1. The minimum Gasteiger partial charge on any atom is -0.481 e. The molecule has 0 bridgehead atoms. The van der Waals surface area contributed by atoms with E-state index in [0.29, 0.717) is 17.5 Å². The number of ether oxygens (including phenoxy) is 1. The van der Waals surface area contributed by atoms with E-state index in [2.05, 4.69) is 21.2 Å². The van der Waals surface area contributed by atoms with E-state index in [9.17, 15) is 4.79 Å². The van der Waals surface area contributed by atoms with Gasteiger partial charge in [-0.25, -0.2) is 0 Å². The van der Waals surface area contributed by atoms with Crippen LogP contribution in [0.25, 0.3) is 0 Å². The van der Waals surface area contributed by atoms with Crippen LogP contribution in [0.2, 0.25) is 0 Å². The third kappa shape index (κ3) is 3.63. The largest absolute Gasteiger partial charge is 0.481 e. The number of anilines is 1. The summed E-state index contributed by atoms with van der Waals surface area (Å²) in [4.78, 5) is 11.7. The molecule has 0 aromatic heterocycles. The fourth-order valence-corrected chi connectivity index (χ4v) is 1.95. The number of nitrogens with two attached hydrogens (primary N) is 1. The van der Waals surface area contributed by atoms with E-state index in [0.717, 1.165) is 17.3 Å². The van der Waals surface area contributed by atoms with E-state index in [-0.39, 0.29) is 5.91 Å². The standard InChI is InChI=1S/C12H15BrN2O2/c1-7(12(16)15-10-2-3-10)17-11-5-8(13)4-9(14)6-11/h4-7,10H,2-3,14H2,1H3,(H,15,16). The zero-order valence-corrected chi connectivity index (χ0v) is 11.2. The molecule has 1 unspecified atom stereocenters. The number of halogens is 1. The number of carbonyl (C=O) groups is 1. The van der Waals surface area contributed by atoms with Crippen LogP contribution in [0.1, 0.15) is 19.8 Å². The van der Waals surface area contributed by atoms with Gasteiger partial charge >= 0.3 is 0 Å². The summed E-state index contributed by atoms with van der Waals surface area (Å²) < 4.78 is 6.38. The molecule has 4 nitrogen and oxygen atoms in total. The highest BCUT2D eigenvalue weighted by Crippen LogP contribution is 2.24. The lowest BCUT2D eigenvalue weighted by Crippen LogP contribution is -2.37. The average Bonchev–Trinajstić information content (AvgIpc) is 2.99. The SMILES string of the molecule is CC(Oc1cc(N)cc(Br)c1)C(=O)NC1CC1. The summed E-state index contributed by atoms with van der Waals surface area (Å²) in [5, 5.41) is 2.90. The second-order valence-corrected chi connectivity index (χ2v) is 5.18. The molecule has 0 aliphatic heterocycles. The summed E-state index contributed by atoms with van der Waals surface area (Å²) in [6.45, 7) is 1.73. The molecule has 0 heterocycles. The van der Waals surface area contributed by atoms with Gasteiger partial charge < -0.3 is 15.8 Å². The molecule has 0 radical (unpaired) electrons. The van der Waals surface area contributed by atoms with Gasteiger partial charge in [0.05, 0.1) is 0 Å². The lowest BCUT2D eigenvalue weighted by atomic mass is 10.3. The molecule has 5 heteroatoms. The molecule has 0 spiro atoms.